The summed E-state index contributed by atoms with van der Waals surface area (Å²) < 4.78 is 1.23. The van der Waals surface area contributed by atoms with Gasteiger partial charge in [0.15, 0.2) is 0 Å². The monoisotopic (exact) mass is 335 g/mol. The van der Waals surface area contributed by atoms with Crippen LogP contribution in [0.5, 0.6) is 0 Å². The summed E-state index contributed by atoms with van der Waals surface area (Å²) in [5, 5.41) is 12.7. The minimum atomic E-state index is -0.306. The Kier molecular flexibility index (Phi) is 2.92. The number of halogens is 2. The molecule has 19 heavy (non-hydrogen) atoms. The lowest BCUT2D eigenvalue weighted by Gasteiger charge is -2.04. The van der Waals surface area contributed by atoms with Crippen molar-refractivity contribution in [3.05, 3.63) is 68.3 Å². The van der Waals surface area contributed by atoms with Crippen molar-refractivity contribution in [1.29, 1.82) is 0 Å². The van der Waals surface area contributed by atoms with Crippen molar-refractivity contribution in [3.8, 4) is 0 Å². The number of fused-ring (bicyclic) bond motifs is 1. The zero-order valence-electron chi connectivity index (χ0n) is 9.56. The van der Waals surface area contributed by atoms with Gasteiger partial charge in [-0.15, -0.1) is 0 Å². The summed E-state index contributed by atoms with van der Waals surface area (Å²) in [6, 6.07) is 11.9. The van der Waals surface area contributed by atoms with Crippen LogP contribution < -0.4 is 0 Å². The summed E-state index contributed by atoms with van der Waals surface area (Å²) >= 11 is 9.36. The number of hydrogen-bond donors (Lipinski definition) is 0. The van der Waals surface area contributed by atoms with Gasteiger partial charge >= 0.3 is 0 Å². The van der Waals surface area contributed by atoms with E-state index < -0.39 is 0 Å². The molecule has 0 aromatic heterocycles. The third-order valence-corrected chi connectivity index (χ3v) is 3.95. The molecule has 5 heteroatoms. The van der Waals surface area contributed by atoms with E-state index in [0.717, 1.165) is 0 Å². The van der Waals surface area contributed by atoms with E-state index in [1.807, 2.05) is 0 Å². The molecule has 0 fully saturated rings. The molecule has 1 heterocycles. The predicted molar refractivity (Wildman–Crippen MR) is 77.3 cm³/mol. The van der Waals surface area contributed by atoms with Crippen molar-refractivity contribution in [2.45, 2.75) is 0 Å². The van der Waals surface area contributed by atoms with Gasteiger partial charge in [0.2, 0.25) is 5.69 Å². The van der Waals surface area contributed by atoms with Crippen molar-refractivity contribution in [2.24, 2.45) is 0 Å². The molecule has 1 aliphatic rings. The molecular formula is C14H7BrClNO2. The van der Waals surface area contributed by atoms with Gasteiger partial charge in [-0.3, -0.25) is 4.79 Å². The first-order chi connectivity index (χ1) is 9.11. The number of carbonyl (C=O) groups is 1. The van der Waals surface area contributed by atoms with E-state index in [9.17, 15) is 10.0 Å². The van der Waals surface area contributed by atoms with Crippen LogP contribution in [0.2, 0.25) is 5.02 Å². The molecule has 0 atom stereocenters. The Balaban J connectivity index is 2.29. The highest BCUT2D eigenvalue weighted by Crippen LogP contribution is 2.35. The van der Waals surface area contributed by atoms with E-state index in [0.29, 0.717) is 31.0 Å². The molecular weight excluding hydrogens is 330 g/mol. The number of para-hydroxylation sites is 1. The summed E-state index contributed by atoms with van der Waals surface area (Å²) in [6.07, 6.45) is 0. The molecule has 94 valence electrons. The molecule has 0 spiro atoms. The summed E-state index contributed by atoms with van der Waals surface area (Å²) in [4.78, 5) is 12.4. The smallest absolute Gasteiger partial charge is 0.274 e. The summed E-state index contributed by atoms with van der Waals surface area (Å²) in [6.45, 7) is 0. The first-order valence-corrected chi connectivity index (χ1v) is 6.70. The Morgan fingerprint density at radius 3 is 2.42 bits per heavy atom. The first-order valence-electron chi connectivity index (χ1n) is 5.53. The Hall–Kier alpha value is -1.65. The van der Waals surface area contributed by atoms with Gasteiger partial charge in [0, 0.05) is 0 Å². The highest BCUT2D eigenvalue weighted by Gasteiger charge is 2.38. The van der Waals surface area contributed by atoms with Crippen LogP contribution in [0.3, 0.4) is 0 Å². The van der Waals surface area contributed by atoms with E-state index in [4.69, 9.17) is 11.6 Å². The van der Waals surface area contributed by atoms with Gasteiger partial charge < -0.3 is 5.21 Å². The summed E-state index contributed by atoms with van der Waals surface area (Å²) in [5.74, 6) is -0.306. The fourth-order valence-electron chi connectivity index (χ4n) is 2.12. The lowest BCUT2D eigenvalue weighted by Crippen LogP contribution is -2.17. The average molecular weight is 337 g/mol. The van der Waals surface area contributed by atoms with Gasteiger partial charge in [0.1, 0.15) is 5.56 Å². The van der Waals surface area contributed by atoms with Crippen LogP contribution in [0.1, 0.15) is 15.9 Å². The minimum absolute atomic E-state index is 0.0625. The van der Waals surface area contributed by atoms with Crippen LogP contribution in [0.4, 0.5) is 5.69 Å². The summed E-state index contributed by atoms with van der Waals surface area (Å²) in [7, 11) is 0. The zero-order valence-corrected chi connectivity index (χ0v) is 11.9. The molecule has 0 saturated heterocycles. The molecule has 1 aliphatic heterocycles. The van der Waals surface area contributed by atoms with E-state index >= 15 is 0 Å². The Labute approximate surface area is 122 Å². The molecule has 2 aromatic carbocycles. The molecule has 2 aromatic rings. The zero-order chi connectivity index (χ0) is 13.6. The Morgan fingerprint density at radius 2 is 1.74 bits per heavy atom. The van der Waals surface area contributed by atoms with E-state index in [-0.39, 0.29) is 11.5 Å². The van der Waals surface area contributed by atoms with Crippen LogP contribution in [0, 0.1) is 5.21 Å². The quantitative estimate of drug-likeness (QED) is 0.585. The van der Waals surface area contributed by atoms with E-state index in [1.54, 1.807) is 42.5 Å². The molecule has 0 unspecified atom stereocenters. The van der Waals surface area contributed by atoms with Gasteiger partial charge in [0.25, 0.3) is 11.5 Å². The van der Waals surface area contributed by atoms with Gasteiger partial charge in [0.05, 0.1) is 15.1 Å². The second kappa shape index (κ2) is 4.47. The van der Waals surface area contributed by atoms with Crippen molar-refractivity contribution >= 4 is 44.7 Å². The van der Waals surface area contributed by atoms with Gasteiger partial charge in [-0.05, 0) is 40.2 Å². The Morgan fingerprint density at radius 1 is 1.05 bits per heavy atom. The topological polar surface area (TPSA) is 43.1 Å². The number of carbonyl (C=O) groups excluding carboxylic acids is 1. The van der Waals surface area contributed by atoms with Crippen molar-refractivity contribution < 1.29 is 9.53 Å². The highest BCUT2D eigenvalue weighted by molar-refractivity contribution is 9.10. The number of hydrogen-bond acceptors (Lipinski definition) is 2. The molecule has 0 aliphatic carbocycles. The second-order valence-electron chi connectivity index (χ2n) is 4.09. The highest BCUT2D eigenvalue weighted by atomic mass is 79.9. The van der Waals surface area contributed by atoms with Crippen molar-refractivity contribution in [1.82, 2.24) is 0 Å². The van der Waals surface area contributed by atoms with E-state index in [1.165, 1.54) is 0 Å². The number of ketones is 1. The second-order valence-corrected chi connectivity index (χ2v) is 5.35. The molecule has 0 N–H and O–H groups in total. The predicted octanol–water partition coefficient (Wildman–Crippen LogP) is 3.93. The normalized spacial score (nSPS) is 13.9. The Bertz CT molecular complexity index is 740. The molecule has 0 bridgehead atoms. The number of benzene rings is 2. The first kappa shape index (κ1) is 12.4. The minimum Gasteiger partial charge on any atom is -0.618 e. The van der Waals surface area contributed by atoms with Crippen molar-refractivity contribution in [3.63, 3.8) is 0 Å². The standard InChI is InChI=1S/C14H7BrClNO2/c15-10-6-3-5-9-12(10)17(19)13(14(9)18)8-4-1-2-7-11(8)16/h1-7H. The molecule has 3 rings (SSSR count). The maximum absolute atomic E-state index is 12.4. The van der Waals surface area contributed by atoms with Gasteiger partial charge in [-0.1, -0.05) is 29.8 Å². The number of nitrogens with zero attached hydrogens (tertiary/aromatic N) is 1. The summed E-state index contributed by atoms with van der Waals surface area (Å²) in [5.41, 5.74) is 1.24. The van der Waals surface area contributed by atoms with Crippen LogP contribution in [0.15, 0.2) is 46.9 Å². The fourth-order valence-corrected chi connectivity index (χ4v) is 2.87. The third-order valence-electron chi connectivity index (χ3n) is 2.98. The van der Waals surface area contributed by atoms with Crippen LogP contribution in [0.25, 0.3) is 0 Å². The van der Waals surface area contributed by atoms with E-state index in [2.05, 4.69) is 15.9 Å². The largest absolute Gasteiger partial charge is 0.618 e. The average Bonchev–Trinajstić information content (AvgIpc) is 2.64. The fraction of sp³-hybridized carbons (Fsp3) is 0. The van der Waals surface area contributed by atoms with Gasteiger partial charge in [-0.25, -0.2) is 0 Å². The van der Waals surface area contributed by atoms with Crippen LogP contribution in [-0.4, -0.2) is 16.2 Å². The maximum Gasteiger partial charge on any atom is 0.274 e. The number of Topliss-reactive ketones (excluding diaryl/α,β-unsaturated/α-hetero) is 1. The maximum atomic E-state index is 12.4. The number of rotatable bonds is 1. The third kappa shape index (κ3) is 1.79. The van der Waals surface area contributed by atoms with Crippen LogP contribution in [-0.2, 0) is 0 Å². The lowest BCUT2D eigenvalue weighted by molar-refractivity contribution is -0.356. The van der Waals surface area contributed by atoms with Gasteiger partial charge in [-0.2, -0.15) is 4.74 Å². The molecule has 0 saturated carbocycles. The SMILES string of the molecule is O=C1C(c2ccccc2Cl)=[N+]([O-])c2c(Br)cccc21. The van der Waals surface area contributed by atoms with Crippen molar-refractivity contribution in [2.75, 3.05) is 0 Å². The molecule has 0 amide bonds. The van der Waals surface area contributed by atoms with Crippen LogP contribution >= 0.6 is 27.5 Å². The lowest BCUT2D eigenvalue weighted by atomic mass is 10.0. The molecule has 0 radical (unpaired) electrons. The molecule has 3 nitrogen and oxygen atoms in total.